The number of hydrogen-bond donors (Lipinski definition) is 0. The van der Waals surface area contributed by atoms with Gasteiger partial charge in [-0.25, -0.2) is 0 Å². The lowest BCUT2D eigenvalue weighted by atomic mass is 10.00. The summed E-state index contributed by atoms with van der Waals surface area (Å²) in [4.78, 5) is 0. The van der Waals surface area contributed by atoms with Crippen molar-refractivity contribution in [1.82, 2.24) is 0 Å². The molecule has 0 radical (unpaired) electrons. The van der Waals surface area contributed by atoms with Crippen LogP contribution in [0.3, 0.4) is 0 Å². The van der Waals surface area contributed by atoms with Crippen LogP contribution in [0.15, 0.2) is 45.3 Å². The molecule has 0 unspecified atom stereocenters. The lowest BCUT2D eigenvalue weighted by Crippen LogP contribution is -2.00. The zero-order valence-electron chi connectivity index (χ0n) is 12.5. The Morgan fingerprint density at radius 1 is 0.682 bits per heavy atom. The third-order valence-corrected chi connectivity index (χ3v) is 4.51. The molecule has 3 aromatic carbocycles. The van der Waals surface area contributed by atoms with Gasteiger partial charge in [0, 0.05) is 19.7 Å². The number of hydrogen-bond acceptors (Lipinski definition) is 2. The molecule has 0 heterocycles. The fraction of sp³-hybridized carbons (Fsp3) is 0.222. The van der Waals surface area contributed by atoms with E-state index in [9.17, 15) is 0 Å². The van der Waals surface area contributed by atoms with Crippen molar-refractivity contribution in [3.63, 3.8) is 0 Å². The molecule has 3 aromatic rings. The molecule has 0 spiro atoms. The van der Waals surface area contributed by atoms with E-state index in [0.717, 1.165) is 42.0 Å². The highest BCUT2D eigenvalue weighted by Gasteiger charge is 2.17. The Morgan fingerprint density at radius 2 is 1.09 bits per heavy atom. The first-order valence-electron chi connectivity index (χ1n) is 7.25. The summed E-state index contributed by atoms with van der Waals surface area (Å²) in [5.41, 5.74) is 0. The fourth-order valence-electron chi connectivity index (χ4n) is 2.70. The third-order valence-electron chi connectivity index (χ3n) is 3.53. The van der Waals surface area contributed by atoms with Crippen LogP contribution in [-0.2, 0) is 0 Å². The Morgan fingerprint density at radius 3 is 1.45 bits per heavy atom. The van der Waals surface area contributed by atoms with Crippen LogP contribution in [-0.4, -0.2) is 13.2 Å². The van der Waals surface area contributed by atoms with Crippen LogP contribution in [0.5, 0.6) is 11.5 Å². The van der Waals surface area contributed by atoms with Crippen LogP contribution in [0, 0.1) is 0 Å². The molecule has 0 aromatic heterocycles. The van der Waals surface area contributed by atoms with Crippen molar-refractivity contribution >= 4 is 53.4 Å². The lowest BCUT2D eigenvalue weighted by molar-refractivity contribution is 0.293. The minimum absolute atomic E-state index is 0.598. The molecule has 22 heavy (non-hydrogen) atoms. The molecule has 0 aliphatic heterocycles. The third kappa shape index (κ3) is 2.70. The van der Waals surface area contributed by atoms with Crippen molar-refractivity contribution in [3.05, 3.63) is 45.3 Å². The van der Waals surface area contributed by atoms with Crippen molar-refractivity contribution in [2.75, 3.05) is 13.2 Å². The number of benzene rings is 3. The monoisotopic (exact) mass is 422 g/mol. The van der Waals surface area contributed by atoms with Gasteiger partial charge in [-0.1, -0.05) is 44.0 Å². The summed E-state index contributed by atoms with van der Waals surface area (Å²) < 4.78 is 13.9. The maximum atomic E-state index is 5.94. The second kappa shape index (κ2) is 6.47. The Hall–Kier alpha value is -1.26. The molecule has 0 saturated carbocycles. The van der Waals surface area contributed by atoms with Crippen molar-refractivity contribution < 1.29 is 9.47 Å². The predicted octanol–water partition coefficient (Wildman–Crippen LogP) is 6.32. The Labute approximate surface area is 146 Å². The first-order valence-corrected chi connectivity index (χ1v) is 8.84. The summed E-state index contributed by atoms with van der Waals surface area (Å²) in [7, 11) is 0. The van der Waals surface area contributed by atoms with Crippen LogP contribution in [0.2, 0.25) is 0 Å². The normalized spacial score (nSPS) is 11.1. The molecule has 0 amide bonds. The molecule has 0 aliphatic carbocycles. The molecular formula is C18H16Br2O2. The van der Waals surface area contributed by atoms with Crippen molar-refractivity contribution in [2.45, 2.75) is 13.8 Å². The molecule has 4 heteroatoms. The summed E-state index contributed by atoms with van der Waals surface area (Å²) >= 11 is 7.11. The van der Waals surface area contributed by atoms with Crippen LogP contribution >= 0.6 is 31.9 Å². The van der Waals surface area contributed by atoms with E-state index in [1.54, 1.807) is 0 Å². The standard InChI is InChI=1S/C18H16Br2O2/c1-3-21-17-15-9-11(19)5-7-13(15)14-8-6-12(20)10-16(14)18(17)22-4-2/h5-10H,3-4H2,1-2H3. The highest BCUT2D eigenvalue weighted by molar-refractivity contribution is 9.10. The lowest BCUT2D eigenvalue weighted by Gasteiger charge is -2.17. The zero-order valence-corrected chi connectivity index (χ0v) is 15.6. The maximum Gasteiger partial charge on any atom is 0.169 e. The summed E-state index contributed by atoms with van der Waals surface area (Å²) in [6.07, 6.45) is 0. The van der Waals surface area contributed by atoms with Gasteiger partial charge in [-0.15, -0.1) is 0 Å². The number of rotatable bonds is 4. The molecule has 3 rings (SSSR count). The van der Waals surface area contributed by atoms with Crippen LogP contribution in [0.25, 0.3) is 21.5 Å². The fourth-order valence-corrected chi connectivity index (χ4v) is 3.42. The smallest absolute Gasteiger partial charge is 0.169 e. The van der Waals surface area contributed by atoms with Gasteiger partial charge in [0.25, 0.3) is 0 Å². The molecule has 114 valence electrons. The van der Waals surface area contributed by atoms with Gasteiger partial charge in [0.05, 0.1) is 13.2 Å². The SMILES string of the molecule is CCOc1c(OCC)c2cc(Br)ccc2c2ccc(Br)cc12. The number of ether oxygens (including phenoxy) is 2. The molecule has 0 N–H and O–H groups in total. The minimum atomic E-state index is 0.598. The van der Waals surface area contributed by atoms with Crippen LogP contribution in [0.1, 0.15) is 13.8 Å². The van der Waals surface area contributed by atoms with Gasteiger partial charge in [0.1, 0.15) is 0 Å². The molecule has 0 atom stereocenters. The van der Waals surface area contributed by atoms with Gasteiger partial charge >= 0.3 is 0 Å². The molecule has 0 aliphatic rings. The van der Waals surface area contributed by atoms with E-state index in [0.29, 0.717) is 13.2 Å². The van der Waals surface area contributed by atoms with Gasteiger partial charge in [-0.3, -0.25) is 0 Å². The van der Waals surface area contributed by atoms with E-state index in [2.05, 4.69) is 68.3 Å². The average Bonchev–Trinajstić information content (AvgIpc) is 2.50. The Bertz CT molecular complexity index is 773. The highest BCUT2D eigenvalue weighted by Crippen LogP contribution is 2.45. The van der Waals surface area contributed by atoms with Gasteiger partial charge in [0.2, 0.25) is 0 Å². The topological polar surface area (TPSA) is 18.5 Å². The Kier molecular flexibility index (Phi) is 4.59. The maximum absolute atomic E-state index is 5.94. The molecular weight excluding hydrogens is 408 g/mol. The van der Waals surface area contributed by atoms with E-state index < -0.39 is 0 Å². The average molecular weight is 424 g/mol. The largest absolute Gasteiger partial charge is 0.489 e. The van der Waals surface area contributed by atoms with Crippen LogP contribution < -0.4 is 9.47 Å². The quantitative estimate of drug-likeness (QED) is 0.457. The summed E-state index contributed by atoms with van der Waals surface area (Å²) in [5, 5.41) is 4.46. The Balaban J connectivity index is 2.51. The number of halogens is 2. The molecule has 0 saturated heterocycles. The number of fused-ring (bicyclic) bond motifs is 3. The molecule has 0 bridgehead atoms. The summed E-state index contributed by atoms with van der Waals surface area (Å²) in [6.45, 7) is 5.18. The summed E-state index contributed by atoms with van der Waals surface area (Å²) in [5.74, 6) is 1.62. The van der Waals surface area contributed by atoms with Gasteiger partial charge < -0.3 is 9.47 Å². The molecule has 2 nitrogen and oxygen atoms in total. The predicted molar refractivity (Wildman–Crippen MR) is 99.2 cm³/mol. The van der Waals surface area contributed by atoms with E-state index >= 15 is 0 Å². The van der Waals surface area contributed by atoms with Gasteiger partial charge in [-0.05, 0) is 48.9 Å². The second-order valence-electron chi connectivity index (χ2n) is 4.90. The van der Waals surface area contributed by atoms with E-state index in [1.807, 2.05) is 13.8 Å². The first kappa shape index (κ1) is 15.6. The highest BCUT2D eigenvalue weighted by atomic mass is 79.9. The van der Waals surface area contributed by atoms with Crippen molar-refractivity contribution in [2.24, 2.45) is 0 Å². The first-order chi connectivity index (χ1) is 10.7. The van der Waals surface area contributed by atoms with Gasteiger partial charge in [-0.2, -0.15) is 0 Å². The summed E-state index contributed by atoms with van der Waals surface area (Å²) in [6, 6.07) is 12.5. The van der Waals surface area contributed by atoms with Gasteiger partial charge in [0.15, 0.2) is 11.5 Å². The zero-order chi connectivity index (χ0) is 15.7. The van der Waals surface area contributed by atoms with Crippen molar-refractivity contribution in [1.29, 1.82) is 0 Å². The van der Waals surface area contributed by atoms with E-state index in [1.165, 1.54) is 0 Å². The van der Waals surface area contributed by atoms with E-state index in [-0.39, 0.29) is 0 Å². The molecule has 0 fully saturated rings. The minimum Gasteiger partial charge on any atom is -0.489 e. The second-order valence-corrected chi connectivity index (χ2v) is 6.74. The van der Waals surface area contributed by atoms with E-state index in [4.69, 9.17) is 9.47 Å². The van der Waals surface area contributed by atoms with Crippen LogP contribution in [0.4, 0.5) is 0 Å². The van der Waals surface area contributed by atoms with Crippen molar-refractivity contribution in [3.8, 4) is 11.5 Å².